The summed E-state index contributed by atoms with van der Waals surface area (Å²) in [5, 5.41) is 0. The lowest BCUT2D eigenvalue weighted by Gasteiger charge is -2.15. The first kappa shape index (κ1) is 11.2. The second-order valence-electron chi connectivity index (χ2n) is 4.29. The highest BCUT2D eigenvalue weighted by Crippen LogP contribution is 2.44. The van der Waals surface area contributed by atoms with Crippen molar-refractivity contribution in [2.24, 2.45) is 0 Å². The summed E-state index contributed by atoms with van der Waals surface area (Å²) in [6.45, 7) is 1.03. The molecule has 1 aromatic rings. The van der Waals surface area contributed by atoms with Gasteiger partial charge in [-0.3, -0.25) is 0 Å². The first-order valence-corrected chi connectivity index (χ1v) is 5.39. The number of rotatable bonds is 4. The molecule has 0 bridgehead atoms. The summed E-state index contributed by atoms with van der Waals surface area (Å²) in [5.74, 6) is 0.521. The van der Waals surface area contributed by atoms with Gasteiger partial charge < -0.3 is 4.74 Å². The minimum absolute atomic E-state index is 0.0295. The van der Waals surface area contributed by atoms with Crippen molar-refractivity contribution >= 4 is 0 Å². The maximum atomic E-state index is 12.2. The zero-order valence-corrected chi connectivity index (χ0v) is 9.28. The average Bonchev–Trinajstić information content (AvgIpc) is 2.98. The first-order chi connectivity index (χ1) is 7.59. The number of ether oxygens (including phenoxy) is 1. The van der Waals surface area contributed by atoms with Gasteiger partial charge in [0.25, 0.3) is 0 Å². The Morgan fingerprint density at radius 2 is 2.00 bits per heavy atom. The summed E-state index contributed by atoms with van der Waals surface area (Å²) in [6.07, 6.45) is 3.45. The quantitative estimate of drug-likeness (QED) is 0.794. The van der Waals surface area contributed by atoms with Crippen molar-refractivity contribution in [3.05, 3.63) is 17.6 Å². The van der Waals surface area contributed by atoms with Gasteiger partial charge in [-0.2, -0.15) is 8.78 Å². The molecule has 3 nitrogen and oxygen atoms in total. The highest BCUT2D eigenvalue weighted by Gasteiger charge is 2.31. The normalized spacial score (nSPS) is 15.9. The molecule has 0 radical (unpaired) electrons. The van der Waals surface area contributed by atoms with Crippen LogP contribution in [0.25, 0.3) is 0 Å². The van der Waals surface area contributed by atoms with E-state index >= 15 is 0 Å². The maximum absolute atomic E-state index is 12.2. The number of hydrogen-bond donors (Lipinski definition) is 0. The van der Waals surface area contributed by atoms with E-state index in [2.05, 4.69) is 14.7 Å². The van der Waals surface area contributed by atoms with Crippen LogP contribution in [-0.4, -0.2) is 16.6 Å². The number of halogens is 2. The summed E-state index contributed by atoms with van der Waals surface area (Å²) in [5.41, 5.74) is 1.60. The summed E-state index contributed by atoms with van der Waals surface area (Å²) in [6, 6.07) is 0. The topological polar surface area (TPSA) is 35.0 Å². The van der Waals surface area contributed by atoms with E-state index in [0.717, 1.165) is 24.1 Å². The standard InChI is InChI=1S/C11H14F2N2O/c1-6(2)8-9(7-3-4-7)14-5-15-10(8)16-11(12)13/h5-7,11H,3-4H2,1-2H3. The van der Waals surface area contributed by atoms with Crippen molar-refractivity contribution in [1.82, 2.24) is 9.97 Å². The van der Waals surface area contributed by atoms with E-state index in [9.17, 15) is 8.78 Å². The highest BCUT2D eigenvalue weighted by molar-refractivity contribution is 5.36. The summed E-state index contributed by atoms with van der Waals surface area (Å²) >= 11 is 0. The zero-order chi connectivity index (χ0) is 11.7. The summed E-state index contributed by atoms with van der Waals surface area (Å²) in [4.78, 5) is 7.99. The molecule has 5 heteroatoms. The van der Waals surface area contributed by atoms with Crippen LogP contribution in [0.3, 0.4) is 0 Å². The van der Waals surface area contributed by atoms with E-state index in [1.54, 1.807) is 0 Å². The van der Waals surface area contributed by atoms with Crippen LogP contribution in [-0.2, 0) is 0 Å². The molecule has 0 saturated heterocycles. The zero-order valence-electron chi connectivity index (χ0n) is 9.28. The number of alkyl halides is 2. The summed E-state index contributed by atoms with van der Waals surface area (Å²) < 4.78 is 28.9. The highest BCUT2D eigenvalue weighted by atomic mass is 19.3. The van der Waals surface area contributed by atoms with Crippen LogP contribution >= 0.6 is 0 Å². The first-order valence-electron chi connectivity index (χ1n) is 5.39. The molecule has 1 aromatic heterocycles. The SMILES string of the molecule is CC(C)c1c(OC(F)F)ncnc1C1CC1. The molecular weight excluding hydrogens is 214 g/mol. The van der Waals surface area contributed by atoms with Crippen LogP contribution < -0.4 is 4.74 Å². The van der Waals surface area contributed by atoms with Gasteiger partial charge in [-0.25, -0.2) is 9.97 Å². The lowest BCUT2D eigenvalue weighted by Crippen LogP contribution is -2.10. The van der Waals surface area contributed by atoms with Gasteiger partial charge in [0, 0.05) is 11.5 Å². The van der Waals surface area contributed by atoms with Crippen molar-refractivity contribution in [2.75, 3.05) is 0 Å². The van der Waals surface area contributed by atoms with Crippen molar-refractivity contribution in [1.29, 1.82) is 0 Å². The Morgan fingerprint density at radius 1 is 1.31 bits per heavy atom. The van der Waals surface area contributed by atoms with E-state index in [-0.39, 0.29) is 11.8 Å². The van der Waals surface area contributed by atoms with Crippen molar-refractivity contribution in [3.8, 4) is 5.88 Å². The van der Waals surface area contributed by atoms with Gasteiger partial charge in [-0.05, 0) is 18.8 Å². The molecule has 1 aliphatic rings. The maximum Gasteiger partial charge on any atom is 0.388 e. The molecule has 0 unspecified atom stereocenters. The molecule has 0 aromatic carbocycles. The van der Waals surface area contributed by atoms with E-state index in [1.807, 2.05) is 13.8 Å². The predicted octanol–water partition coefficient (Wildman–Crippen LogP) is 3.08. The van der Waals surface area contributed by atoms with Gasteiger partial charge >= 0.3 is 6.61 Å². The molecule has 88 valence electrons. The van der Waals surface area contributed by atoms with Gasteiger partial charge in [0.05, 0.1) is 5.69 Å². The molecule has 1 saturated carbocycles. The lowest BCUT2D eigenvalue weighted by atomic mass is 10.00. The second-order valence-corrected chi connectivity index (χ2v) is 4.29. The fourth-order valence-corrected chi connectivity index (χ4v) is 1.80. The van der Waals surface area contributed by atoms with Crippen LogP contribution in [0.2, 0.25) is 0 Å². The van der Waals surface area contributed by atoms with Crippen LogP contribution in [0.4, 0.5) is 8.78 Å². The largest absolute Gasteiger partial charge is 0.416 e. The second kappa shape index (κ2) is 4.31. The number of aromatic nitrogens is 2. The van der Waals surface area contributed by atoms with Crippen molar-refractivity contribution in [2.45, 2.75) is 45.1 Å². The third-order valence-electron chi connectivity index (χ3n) is 2.62. The molecular formula is C11H14F2N2O. The monoisotopic (exact) mass is 228 g/mol. The fourth-order valence-electron chi connectivity index (χ4n) is 1.80. The van der Waals surface area contributed by atoms with Gasteiger partial charge in [-0.15, -0.1) is 0 Å². The molecule has 0 N–H and O–H groups in total. The van der Waals surface area contributed by atoms with Crippen LogP contribution in [0.15, 0.2) is 6.33 Å². The van der Waals surface area contributed by atoms with Gasteiger partial charge in [0.1, 0.15) is 6.33 Å². The Balaban J connectivity index is 2.38. The minimum atomic E-state index is -2.83. The molecule has 1 aliphatic carbocycles. The van der Waals surface area contributed by atoms with E-state index in [0.29, 0.717) is 5.92 Å². The van der Waals surface area contributed by atoms with E-state index in [4.69, 9.17) is 0 Å². The van der Waals surface area contributed by atoms with Gasteiger partial charge in [0.15, 0.2) is 0 Å². The van der Waals surface area contributed by atoms with Gasteiger partial charge in [-0.1, -0.05) is 13.8 Å². The Bertz CT molecular complexity index is 378. The Morgan fingerprint density at radius 3 is 2.50 bits per heavy atom. The van der Waals surface area contributed by atoms with Crippen LogP contribution in [0.1, 0.15) is 49.8 Å². The molecule has 1 heterocycles. The van der Waals surface area contributed by atoms with Crippen molar-refractivity contribution < 1.29 is 13.5 Å². The average molecular weight is 228 g/mol. The third-order valence-corrected chi connectivity index (χ3v) is 2.62. The Labute approximate surface area is 92.9 Å². The number of nitrogens with zero attached hydrogens (tertiary/aromatic N) is 2. The van der Waals surface area contributed by atoms with Crippen molar-refractivity contribution in [3.63, 3.8) is 0 Å². The predicted molar refractivity (Wildman–Crippen MR) is 54.7 cm³/mol. The molecule has 0 spiro atoms. The Hall–Kier alpha value is -1.26. The fraction of sp³-hybridized carbons (Fsp3) is 0.636. The van der Waals surface area contributed by atoms with Gasteiger partial charge in [0.2, 0.25) is 5.88 Å². The number of hydrogen-bond acceptors (Lipinski definition) is 3. The third kappa shape index (κ3) is 2.28. The smallest absolute Gasteiger partial charge is 0.388 e. The molecule has 0 amide bonds. The molecule has 0 aliphatic heterocycles. The molecule has 1 fully saturated rings. The lowest BCUT2D eigenvalue weighted by molar-refractivity contribution is -0.0537. The molecule has 0 atom stereocenters. The molecule has 2 rings (SSSR count). The Kier molecular flexibility index (Phi) is 3.03. The van der Waals surface area contributed by atoms with Crippen LogP contribution in [0.5, 0.6) is 5.88 Å². The van der Waals surface area contributed by atoms with Crippen LogP contribution in [0, 0.1) is 0 Å². The molecule has 16 heavy (non-hydrogen) atoms. The van der Waals surface area contributed by atoms with E-state index < -0.39 is 6.61 Å². The minimum Gasteiger partial charge on any atom is -0.416 e. The summed E-state index contributed by atoms with van der Waals surface area (Å²) in [7, 11) is 0. The van der Waals surface area contributed by atoms with E-state index in [1.165, 1.54) is 6.33 Å².